The molecule has 2 aliphatic heterocycles. The molecule has 3 amide bonds. The van der Waals surface area contributed by atoms with Crippen molar-refractivity contribution in [3.05, 3.63) is 36.2 Å². The maximum Gasteiger partial charge on any atom is 0.255 e. The lowest BCUT2D eigenvalue weighted by atomic mass is 10.1. The summed E-state index contributed by atoms with van der Waals surface area (Å²) in [7, 11) is 1.63. The molecule has 2 aromatic rings. The minimum absolute atomic E-state index is 0.0673. The number of nitrogens with zero attached hydrogens (tertiary/aromatic N) is 4. The standard InChI is InChI=1S/C16H17N5O3/c1-19-9-14(22)20-8-10(6-13(20)16(19)24)18-15(23)11-7-17-21-5-3-2-4-12(11)21/h2-5,7,10,13H,6,8-9H2,1H3,(H,18,23)/t10-,13+/m1/s1. The van der Waals surface area contributed by atoms with Gasteiger partial charge in [-0.15, -0.1) is 0 Å². The Morgan fingerprint density at radius 2 is 2.17 bits per heavy atom. The van der Waals surface area contributed by atoms with E-state index < -0.39 is 6.04 Å². The van der Waals surface area contributed by atoms with E-state index in [1.807, 2.05) is 18.2 Å². The number of aromatic nitrogens is 2. The van der Waals surface area contributed by atoms with Crippen molar-refractivity contribution in [2.45, 2.75) is 18.5 Å². The zero-order valence-corrected chi connectivity index (χ0v) is 13.2. The van der Waals surface area contributed by atoms with E-state index in [4.69, 9.17) is 0 Å². The molecule has 124 valence electrons. The maximum absolute atomic E-state index is 12.5. The molecular weight excluding hydrogens is 310 g/mol. The molecule has 0 spiro atoms. The third-order valence-electron chi connectivity index (χ3n) is 4.66. The van der Waals surface area contributed by atoms with Crippen molar-refractivity contribution in [2.24, 2.45) is 0 Å². The first-order valence-electron chi connectivity index (χ1n) is 7.82. The fourth-order valence-corrected chi connectivity index (χ4v) is 3.45. The first-order chi connectivity index (χ1) is 11.5. The van der Waals surface area contributed by atoms with Crippen LogP contribution in [-0.2, 0) is 9.59 Å². The van der Waals surface area contributed by atoms with Crippen LogP contribution in [0.5, 0.6) is 0 Å². The monoisotopic (exact) mass is 327 g/mol. The Morgan fingerprint density at radius 1 is 1.33 bits per heavy atom. The highest BCUT2D eigenvalue weighted by atomic mass is 16.2. The highest BCUT2D eigenvalue weighted by Crippen LogP contribution is 2.24. The van der Waals surface area contributed by atoms with Crippen molar-refractivity contribution < 1.29 is 14.4 Å². The number of hydrogen-bond donors (Lipinski definition) is 1. The molecule has 0 bridgehead atoms. The van der Waals surface area contributed by atoms with Gasteiger partial charge in [0.05, 0.1) is 23.8 Å². The largest absolute Gasteiger partial charge is 0.347 e. The van der Waals surface area contributed by atoms with Crippen molar-refractivity contribution in [3.63, 3.8) is 0 Å². The summed E-state index contributed by atoms with van der Waals surface area (Å²) in [5.74, 6) is -0.383. The normalized spacial score (nSPS) is 23.7. The molecule has 0 radical (unpaired) electrons. The Labute approximate surface area is 138 Å². The number of fused-ring (bicyclic) bond motifs is 2. The van der Waals surface area contributed by atoms with Gasteiger partial charge in [-0.25, -0.2) is 4.52 Å². The summed E-state index contributed by atoms with van der Waals surface area (Å²) in [6.45, 7) is 0.470. The van der Waals surface area contributed by atoms with Gasteiger partial charge >= 0.3 is 0 Å². The summed E-state index contributed by atoms with van der Waals surface area (Å²) < 4.78 is 1.63. The highest BCUT2D eigenvalue weighted by Gasteiger charge is 2.45. The van der Waals surface area contributed by atoms with E-state index in [9.17, 15) is 14.4 Å². The Balaban J connectivity index is 1.51. The van der Waals surface area contributed by atoms with Crippen LogP contribution in [0.4, 0.5) is 0 Å². The second-order valence-electron chi connectivity index (χ2n) is 6.25. The second-order valence-corrected chi connectivity index (χ2v) is 6.25. The number of piperazine rings is 1. The van der Waals surface area contributed by atoms with E-state index in [0.717, 1.165) is 5.52 Å². The van der Waals surface area contributed by atoms with Crippen LogP contribution in [0.2, 0.25) is 0 Å². The molecule has 24 heavy (non-hydrogen) atoms. The number of likely N-dealkylation sites (N-methyl/N-ethyl adjacent to an activating group) is 1. The molecular formula is C16H17N5O3. The smallest absolute Gasteiger partial charge is 0.255 e. The van der Waals surface area contributed by atoms with Gasteiger partial charge in [0.15, 0.2) is 0 Å². The van der Waals surface area contributed by atoms with E-state index >= 15 is 0 Å². The number of carbonyl (C=O) groups is 3. The Bertz CT molecular complexity index is 845. The van der Waals surface area contributed by atoms with E-state index in [1.54, 1.807) is 22.7 Å². The van der Waals surface area contributed by atoms with Gasteiger partial charge < -0.3 is 15.1 Å². The number of carbonyl (C=O) groups excluding carboxylic acids is 3. The summed E-state index contributed by atoms with van der Waals surface area (Å²) in [4.78, 5) is 39.8. The quantitative estimate of drug-likeness (QED) is 0.806. The van der Waals surface area contributed by atoms with Gasteiger partial charge in [-0.1, -0.05) is 6.07 Å². The Hall–Kier alpha value is -2.90. The van der Waals surface area contributed by atoms with E-state index in [0.29, 0.717) is 18.5 Å². The van der Waals surface area contributed by atoms with Gasteiger partial charge in [0.1, 0.15) is 6.04 Å². The molecule has 2 atom stereocenters. The number of nitrogens with one attached hydrogen (secondary N) is 1. The van der Waals surface area contributed by atoms with Crippen LogP contribution in [0.3, 0.4) is 0 Å². The minimum atomic E-state index is -0.467. The minimum Gasteiger partial charge on any atom is -0.347 e. The van der Waals surface area contributed by atoms with E-state index in [1.165, 1.54) is 11.1 Å². The Kier molecular flexibility index (Phi) is 3.26. The molecule has 1 N–H and O–H groups in total. The maximum atomic E-state index is 12.5. The number of hydrogen-bond acceptors (Lipinski definition) is 4. The predicted octanol–water partition coefficient (Wildman–Crippen LogP) is -0.494. The van der Waals surface area contributed by atoms with Crippen LogP contribution in [0.15, 0.2) is 30.6 Å². The molecule has 4 rings (SSSR count). The van der Waals surface area contributed by atoms with Crippen LogP contribution >= 0.6 is 0 Å². The van der Waals surface area contributed by atoms with Crippen LogP contribution in [0.25, 0.3) is 5.52 Å². The van der Waals surface area contributed by atoms with Gasteiger partial charge in [0, 0.05) is 25.8 Å². The predicted molar refractivity (Wildman–Crippen MR) is 84.2 cm³/mol. The first kappa shape index (κ1) is 14.7. The van der Waals surface area contributed by atoms with Crippen molar-refractivity contribution in [1.82, 2.24) is 24.7 Å². The summed E-state index contributed by atoms with van der Waals surface area (Å²) in [5.41, 5.74) is 1.20. The van der Waals surface area contributed by atoms with Gasteiger partial charge in [-0.3, -0.25) is 14.4 Å². The lowest BCUT2D eigenvalue weighted by Gasteiger charge is -2.33. The fourth-order valence-electron chi connectivity index (χ4n) is 3.45. The molecule has 8 heteroatoms. The number of amides is 3. The summed E-state index contributed by atoms with van der Waals surface area (Å²) in [6, 6.07) is 4.80. The first-order valence-corrected chi connectivity index (χ1v) is 7.82. The SMILES string of the molecule is CN1CC(=O)N2C[C@H](NC(=O)c3cnn4ccccc34)C[C@H]2C1=O. The van der Waals surface area contributed by atoms with Crippen LogP contribution in [0, 0.1) is 0 Å². The molecule has 0 aromatic carbocycles. The molecule has 2 fully saturated rings. The van der Waals surface area contributed by atoms with E-state index in [-0.39, 0.29) is 30.3 Å². The van der Waals surface area contributed by atoms with Crippen LogP contribution in [-0.4, -0.2) is 69.4 Å². The average molecular weight is 327 g/mol. The molecule has 0 saturated carbocycles. The average Bonchev–Trinajstić information content (AvgIpc) is 3.17. The fraction of sp³-hybridized carbons (Fsp3) is 0.375. The zero-order valence-electron chi connectivity index (χ0n) is 13.2. The molecule has 2 saturated heterocycles. The third-order valence-corrected chi connectivity index (χ3v) is 4.66. The lowest BCUT2D eigenvalue weighted by molar-refractivity contribution is -0.152. The summed E-state index contributed by atoms with van der Waals surface area (Å²) in [5, 5.41) is 7.08. The molecule has 2 aromatic heterocycles. The van der Waals surface area contributed by atoms with Crippen LogP contribution in [0.1, 0.15) is 16.8 Å². The number of rotatable bonds is 2. The van der Waals surface area contributed by atoms with Gasteiger partial charge in [-0.05, 0) is 18.6 Å². The van der Waals surface area contributed by atoms with E-state index in [2.05, 4.69) is 10.4 Å². The zero-order chi connectivity index (χ0) is 16.8. The lowest BCUT2D eigenvalue weighted by Crippen LogP contribution is -2.55. The topological polar surface area (TPSA) is 87.0 Å². The molecule has 0 aliphatic carbocycles. The van der Waals surface area contributed by atoms with Gasteiger partial charge in [0.2, 0.25) is 11.8 Å². The molecule has 2 aliphatic rings. The summed E-state index contributed by atoms with van der Waals surface area (Å²) in [6.07, 6.45) is 3.74. The van der Waals surface area contributed by atoms with Crippen molar-refractivity contribution in [2.75, 3.05) is 20.1 Å². The molecule has 0 unspecified atom stereocenters. The summed E-state index contributed by atoms with van der Waals surface area (Å²) >= 11 is 0. The van der Waals surface area contributed by atoms with Crippen molar-refractivity contribution in [3.8, 4) is 0 Å². The third kappa shape index (κ3) is 2.22. The molecule has 4 heterocycles. The van der Waals surface area contributed by atoms with Crippen molar-refractivity contribution >= 4 is 23.2 Å². The Morgan fingerprint density at radius 3 is 3.00 bits per heavy atom. The number of pyridine rings is 1. The highest BCUT2D eigenvalue weighted by molar-refractivity contribution is 6.01. The van der Waals surface area contributed by atoms with Crippen molar-refractivity contribution in [1.29, 1.82) is 0 Å². The van der Waals surface area contributed by atoms with Gasteiger partial charge in [-0.2, -0.15) is 5.10 Å². The van der Waals surface area contributed by atoms with Gasteiger partial charge in [0.25, 0.3) is 5.91 Å². The van der Waals surface area contributed by atoms with Crippen LogP contribution < -0.4 is 5.32 Å². The second kappa shape index (κ2) is 5.33. The molecule has 8 nitrogen and oxygen atoms in total.